The summed E-state index contributed by atoms with van der Waals surface area (Å²) in [6.07, 6.45) is 0. The third-order valence-corrected chi connectivity index (χ3v) is 7.81. The Morgan fingerprint density at radius 1 is 0.765 bits per heavy atom. The average Bonchev–Trinajstić information content (AvgIpc) is 3.09. The largest absolute Gasteiger partial charge is 0.494 e. The number of hydrogen-bond acceptors (Lipinski definition) is 3. The molecule has 3 aromatic carbocycles. The standard InChI is InChI=1S/C30H29NO3/c1-5-34-19-13-11-18(12-14-19)31-28(32)26-24-20-8-6-7-9-21(20)25(27(26)29(31)33)23-16-17(30(2,3)4)10-15-22(23)24/h6-16,24-27H,5H2,1-4H3. The molecule has 1 heterocycles. The fourth-order valence-corrected chi connectivity index (χ4v) is 6.31. The molecule has 2 bridgehead atoms. The second kappa shape index (κ2) is 7.30. The van der Waals surface area contributed by atoms with Gasteiger partial charge in [-0.05, 0) is 64.4 Å². The number of hydrogen-bond donors (Lipinski definition) is 0. The SMILES string of the molecule is CCOc1ccc(N2C(=O)C3C4c5ccccc5C(c5cc(C(C)(C)C)ccc54)C3C2=O)cc1. The maximum atomic E-state index is 13.9. The van der Waals surface area contributed by atoms with Gasteiger partial charge in [0.1, 0.15) is 5.75 Å². The van der Waals surface area contributed by atoms with Crippen LogP contribution in [0.5, 0.6) is 5.75 Å². The van der Waals surface area contributed by atoms with Crippen molar-refractivity contribution in [2.24, 2.45) is 11.8 Å². The van der Waals surface area contributed by atoms with E-state index in [2.05, 4.69) is 51.1 Å². The lowest BCUT2D eigenvalue weighted by molar-refractivity contribution is -0.122. The first kappa shape index (κ1) is 21.2. The molecule has 172 valence electrons. The van der Waals surface area contributed by atoms with Gasteiger partial charge in [0.25, 0.3) is 0 Å². The molecule has 34 heavy (non-hydrogen) atoms. The minimum absolute atomic E-state index is 0.00842. The van der Waals surface area contributed by atoms with Crippen LogP contribution in [0.2, 0.25) is 0 Å². The van der Waals surface area contributed by atoms with Crippen LogP contribution in [-0.2, 0) is 15.0 Å². The van der Waals surface area contributed by atoms with Crippen LogP contribution >= 0.6 is 0 Å². The van der Waals surface area contributed by atoms with Gasteiger partial charge in [0.2, 0.25) is 11.8 Å². The number of carbonyl (C=O) groups excluding carboxylic acids is 2. The predicted octanol–water partition coefficient (Wildman–Crippen LogP) is 5.78. The number of nitrogens with zero attached hydrogens (tertiary/aromatic N) is 1. The van der Waals surface area contributed by atoms with Gasteiger partial charge in [-0.2, -0.15) is 0 Å². The van der Waals surface area contributed by atoms with Gasteiger partial charge in [-0.15, -0.1) is 0 Å². The maximum Gasteiger partial charge on any atom is 0.238 e. The highest BCUT2D eigenvalue weighted by Gasteiger charge is 2.61. The van der Waals surface area contributed by atoms with Crippen molar-refractivity contribution in [3.63, 3.8) is 0 Å². The van der Waals surface area contributed by atoms with Crippen LogP contribution in [0.1, 0.15) is 67.3 Å². The molecule has 4 nitrogen and oxygen atoms in total. The number of benzene rings is 3. The summed E-state index contributed by atoms with van der Waals surface area (Å²) >= 11 is 0. The highest BCUT2D eigenvalue weighted by Crippen LogP contribution is 2.61. The van der Waals surface area contributed by atoms with Crippen LogP contribution in [-0.4, -0.2) is 18.4 Å². The summed E-state index contributed by atoms with van der Waals surface area (Å²) in [4.78, 5) is 29.2. The van der Waals surface area contributed by atoms with Gasteiger partial charge in [0.05, 0.1) is 24.1 Å². The first-order chi connectivity index (χ1) is 16.3. The molecule has 3 aromatic rings. The summed E-state index contributed by atoms with van der Waals surface area (Å²) in [6, 6.07) is 22.4. The van der Waals surface area contributed by atoms with Crippen molar-refractivity contribution in [2.45, 2.75) is 44.9 Å². The van der Waals surface area contributed by atoms with Crippen molar-refractivity contribution in [1.82, 2.24) is 0 Å². The van der Waals surface area contributed by atoms with Gasteiger partial charge >= 0.3 is 0 Å². The highest BCUT2D eigenvalue weighted by atomic mass is 16.5. The third kappa shape index (κ3) is 2.84. The molecule has 4 unspecified atom stereocenters. The molecule has 4 aliphatic rings. The summed E-state index contributed by atoms with van der Waals surface area (Å²) in [5, 5.41) is 0. The van der Waals surface area contributed by atoms with Crippen molar-refractivity contribution >= 4 is 17.5 Å². The average molecular weight is 452 g/mol. The van der Waals surface area contributed by atoms with E-state index < -0.39 is 0 Å². The highest BCUT2D eigenvalue weighted by molar-refractivity contribution is 6.23. The molecule has 3 aliphatic carbocycles. The molecule has 1 aliphatic heterocycles. The Balaban J connectivity index is 1.50. The maximum absolute atomic E-state index is 13.9. The molecular weight excluding hydrogens is 422 g/mol. The number of carbonyl (C=O) groups is 2. The fourth-order valence-electron chi connectivity index (χ4n) is 6.31. The Morgan fingerprint density at radius 3 is 1.88 bits per heavy atom. The molecule has 0 spiro atoms. The summed E-state index contributed by atoms with van der Waals surface area (Å²) in [7, 11) is 0. The topological polar surface area (TPSA) is 46.6 Å². The lowest BCUT2D eigenvalue weighted by Crippen LogP contribution is -2.41. The minimum Gasteiger partial charge on any atom is -0.494 e. The molecule has 1 saturated heterocycles. The van der Waals surface area contributed by atoms with E-state index in [0.29, 0.717) is 12.3 Å². The zero-order valence-electron chi connectivity index (χ0n) is 20.0. The number of amides is 2. The zero-order valence-corrected chi connectivity index (χ0v) is 20.0. The Labute approximate surface area is 200 Å². The Kier molecular flexibility index (Phi) is 4.54. The molecule has 4 heteroatoms. The molecule has 2 amide bonds. The molecule has 0 radical (unpaired) electrons. The third-order valence-electron chi connectivity index (χ3n) is 7.81. The van der Waals surface area contributed by atoms with Crippen LogP contribution in [0.25, 0.3) is 0 Å². The van der Waals surface area contributed by atoms with Gasteiger partial charge in [-0.25, -0.2) is 4.90 Å². The van der Waals surface area contributed by atoms with E-state index in [0.717, 1.165) is 5.75 Å². The van der Waals surface area contributed by atoms with Gasteiger partial charge in [-0.1, -0.05) is 63.2 Å². The summed E-state index contributed by atoms with van der Waals surface area (Å²) in [6.45, 7) is 9.14. The molecule has 1 fully saturated rings. The summed E-state index contributed by atoms with van der Waals surface area (Å²) in [5.41, 5.74) is 6.69. The Morgan fingerprint density at radius 2 is 1.32 bits per heavy atom. The van der Waals surface area contributed by atoms with Crippen molar-refractivity contribution in [1.29, 1.82) is 0 Å². The predicted molar refractivity (Wildman–Crippen MR) is 132 cm³/mol. The van der Waals surface area contributed by atoms with E-state index in [4.69, 9.17) is 4.74 Å². The quantitative estimate of drug-likeness (QED) is 0.474. The molecule has 0 aromatic heterocycles. The van der Waals surface area contributed by atoms with Crippen LogP contribution in [0.3, 0.4) is 0 Å². The number of rotatable bonds is 3. The Hall–Kier alpha value is -3.40. The fraction of sp³-hybridized carbons (Fsp3) is 0.333. The summed E-state index contributed by atoms with van der Waals surface area (Å²) < 4.78 is 5.55. The van der Waals surface area contributed by atoms with Crippen LogP contribution in [0, 0.1) is 11.8 Å². The smallest absolute Gasteiger partial charge is 0.238 e. The van der Waals surface area contributed by atoms with Crippen molar-refractivity contribution in [2.75, 3.05) is 11.5 Å². The number of imide groups is 1. The van der Waals surface area contributed by atoms with Gasteiger partial charge in [-0.3, -0.25) is 9.59 Å². The first-order valence-electron chi connectivity index (χ1n) is 12.1. The van der Waals surface area contributed by atoms with Gasteiger partial charge < -0.3 is 4.74 Å². The van der Waals surface area contributed by atoms with Crippen LogP contribution in [0.15, 0.2) is 66.7 Å². The molecular formula is C30H29NO3. The lowest BCUT2D eigenvalue weighted by Gasteiger charge is -2.46. The van der Waals surface area contributed by atoms with Crippen molar-refractivity contribution < 1.29 is 14.3 Å². The lowest BCUT2D eigenvalue weighted by atomic mass is 9.54. The van der Waals surface area contributed by atoms with Gasteiger partial charge in [0, 0.05) is 11.8 Å². The second-order valence-electron chi connectivity index (χ2n) is 10.7. The molecule has 0 N–H and O–H groups in total. The second-order valence-corrected chi connectivity index (χ2v) is 10.7. The van der Waals surface area contributed by atoms with E-state index in [1.54, 1.807) is 0 Å². The molecule has 0 saturated carbocycles. The van der Waals surface area contributed by atoms with Crippen LogP contribution in [0.4, 0.5) is 5.69 Å². The van der Waals surface area contributed by atoms with Crippen molar-refractivity contribution in [3.05, 3.63) is 94.5 Å². The Bertz CT molecular complexity index is 1320. The summed E-state index contributed by atoms with van der Waals surface area (Å²) in [5.74, 6) is -0.386. The van der Waals surface area contributed by atoms with E-state index in [1.807, 2.05) is 43.3 Å². The molecule has 4 atom stereocenters. The number of anilines is 1. The van der Waals surface area contributed by atoms with Crippen molar-refractivity contribution in [3.8, 4) is 5.75 Å². The zero-order chi connectivity index (χ0) is 23.8. The van der Waals surface area contributed by atoms with E-state index in [-0.39, 0.29) is 40.9 Å². The number of ether oxygens (including phenoxy) is 1. The molecule has 7 rings (SSSR count). The normalized spacial score (nSPS) is 24.6. The van der Waals surface area contributed by atoms with E-state index in [1.165, 1.54) is 32.7 Å². The van der Waals surface area contributed by atoms with E-state index in [9.17, 15) is 9.59 Å². The van der Waals surface area contributed by atoms with Gasteiger partial charge in [0.15, 0.2) is 0 Å². The minimum atomic E-state index is -0.373. The monoisotopic (exact) mass is 451 g/mol. The van der Waals surface area contributed by atoms with Crippen LogP contribution < -0.4 is 9.64 Å². The van der Waals surface area contributed by atoms with E-state index >= 15 is 0 Å². The first-order valence-corrected chi connectivity index (χ1v) is 12.1.